The van der Waals surface area contributed by atoms with Gasteiger partial charge in [-0.05, 0) is 42.1 Å². The number of hydrogen-bond acceptors (Lipinski definition) is 8. The van der Waals surface area contributed by atoms with Gasteiger partial charge in [-0.1, -0.05) is 11.8 Å². The van der Waals surface area contributed by atoms with Crippen molar-refractivity contribution in [3.63, 3.8) is 0 Å². The van der Waals surface area contributed by atoms with E-state index in [1.54, 1.807) is 35.4 Å². The first-order valence-corrected chi connectivity index (χ1v) is 10.1. The average Bonchev–Trinajstić information content (AvgIpc) is 3.40. The number of ether oxygens (including phenoxy) is 2. The van der Waals surface area contributed by atoms with Gasteiger partial charge in [0.25, 0.3) is 5.22 Å². The van der Waals surface area contributed by atoms with Crippen LogP contribution in [0.15, 0.2) is 39.3 Å². The maximum atomic E-state index is 12.3. The predicted octanol–water partition coefficient (Wildman–Crippen LogP) is 3.59. The van der Waals surface area contributed by atoms with Crippen molar-refractivity contribution in [1.82, 2.24) is 15.1 Å². The van der Waals surface area contributed by atoms with Gasteiger partial charge in [0.05, 0.1) is 12.3 Å². The lowest BCUT2D eigenvalue weighted by Gasteiger charge is -2.16. The molecule has 1 aliphatic rings. The molecule has 0 radical (unpaired) electrons. The maximum Gasteiger partial charge on any atom is 0.277 e. The molecule has 3 heterocycles. The van der Waals surface area contributed by atoms with Crippen molar-refractivity contribution >= 4 is 29.0 Å². The van der Waals surface area contributed by atoms with Crippen LogP contribution in [0, 0.1) is 6.92 Å². The quantitative estimate of drug-likeness (QED) is 0.582. The van der Waals surface area contributed by atoms with Crippen molar-refractivity contribution < 1.29 is 18.7 Å². The number of aryl methyl sites for hydroxylation is 1. The Morgan fingerprint density at radius 3 is 2.93 bits per heavy atom. The number of amides is 1. The number of carbonyl (C=O) groups is 1. The van der Waals surface area contributed by atoms with Gasteiger partial charge in [0.1, 0.15) is 0 Å². The predicted molar refractivity (Wildman–Crippen MR) is 102 cm³/mol. The number of benzene rings is 1. The van der Waals surface area contributed by atoms with E-state index in [0.717, 1.165) is 5.56 Å². The molecule has 0 unspecified atom stereocenters. The molecule has 140 valence electrons. The molecule has 2 aromatic heterocycles. The topological polar surface area (TPSA) is 77.7 Å². The first kappa shape index (κ1) is 17.9. The Hall–Kier alpha value is -2.52. The van der Waals surface area contributed by atoms with Crippen molar-refractivity contribution in [1.29, 1.82) is 0 Å². The molecule has 1 aromatic carbocycles. The average molecular weight is 403 g/mol. The molecule has 0 atom stereocenters. The summed E-state index contributed by atoms with van der Waals surface area (Å²) in [6, 6.07) is 7.49. The number of hydrogen-bond donors (Lipinski definition) is 0. The number of thiophene rings is 1. The van der Waals surface area contributed by atoms with E-state index in [0.29, 0.717) is 29.2 Å². The molecule has 3 aromatic rings. The van der Waals surface area contributed by atoms with Crippen LogP contribution in [0.3, 0.4) is 0 Å². The van der Waals surface area contributed by atoms with Crippen molar-refractivity contribution in [2.75, 3.05) is 19.6 Å². The summed E-state index contributed by atoms with van der Waals surface area (Å²) in [4.78, 5) is 15.3. The Labute approximate surface area is 164 Å². The van der Waals surface area contributed by atoms with Crippen LogP contribution in [0.4, 0.5) is 0 Å². The molecule has 0 saturated heterocycles. The number of thioether (sulfide) groups is 1. The summed E-state index contributed by atoms with van der Waals surface area (Å²) in [5.41, 5.74) is 1.95. The second-order valence-electron chi connectivity index (χ2n) is 6.01. The van der Waals surface area contributed by atoms with Gasteiger partial charge >= 0.3 is 0 Å². The van der Waals surface area contributed by atoms with Crippen LogP contribution in [0.2, 0.25) is 0 Å². The summed E-state index contributed by atoms with van der Waals surface area (Å²) in [5, 5.41) is 10.5. The Bertz CT molecular complexity index is 969. The Balaban J connectivity index is 1.35. The van der Waals surface area contributed by atoms with E-state index in [-0.39, 0.29) is 18.5 Å². The minimum atomic E-state index is 0.00984. The second-order valence-corrected chi connectivity index (χ2v) is 7.93. The van der Waals surface area contributed by atoms with Crippen LogP contribution in [0.1, 0.15) is 10.4 Å². The molecule has 0 fully saturated rings. The molecule has 0 bridgehead atoms. The molecule has 0 saturated carbocycles. The first-order chi connectivity index (χ1) is 13.1. The highest BCUT2D eigenvalue weighted by Crippen LogP contribution is 2.36. The minimum absolute atomic E-state index is 0.00984. The highest BCUT2D eigenvalue weighted by Gasteiger charge is 2.18. The molecular weight excluding hydrogens is 386 g/mol. The molecule has 0 spiro atoms. The zero-order valence-corrected chi connectivity index (χ0v) is 16.4. The van der Waals surface area contributed by atoms with Gasteiger partial charge < -0.3 is 18.8 Å². The van der Waals surface area contributed by atoms with Crippen molar-refractivity contribution in [3.05, 3.63) is 40.1 Å². The fraction of sp³-hybridized carbons (Fsp3) is 0.278. The monoisotopic (exact) mass is 403 g/mol. The van der Waals surface area contributed by atoms with E-state index < -0.39 is 0 Å². The highest BCUT2D eigenvalue weighted by molar-refractivity contribution is 7.99. The van der Waals surface area contributed by atoms with Gasteiger partial charge in [-0.25, -0.2) is 0 Å². The zero-order valence-electron chi connectivity index (χ0n) is 14.8. The number of nitrogens with zero attached hydrogens (tertiary/aromatic N) is 3. The van der Waals surface area contributed by atoms with Crippen molar-refractivity contribution in [3.8, 4) is 23.0 Å². The van der Waals surface area contributed by atoms with Gasteiger partial charge in [-0.15, -0.1) is 21.5 Å². The number of rotatable bonds is 6. The minimum Gasteiger partial charge on any atom is -0.454 e. The summed E-state index contributed by atoms with van der Waals surface area (Å²) in [5.74, 6) is 1.98. The van der Waals surface area contributed by atoms with E-state index in [4.69, 9.17) is 13.9 Å². The largest absolute Gasteiger partial charge is 0.454 e. The third-order valence-electron chi connectivity index (χ3n) is 4.12. The molecular formula is C18H17N3O4S2. The van der Waals surface area contributed by atoms with Crippen LogP contribution in [-0.4, -0.2) is 40.6 Å². The van der Waals surface area contributed by atoms with Gasteiger partial charge in [0, 0.05) is 17.5 Å². The number of carbonyl (C=O) groups excluding carboxylic acids is 1. The fourth-order valence-corrected chi connectivity index (χ4v) is 4.18. The van der Waals surface area contributed by atoms with Gasteiger partial charge in [0.2, 0.25) is 18.6 Å². The van der Waals surface area contributed by atoms with Gasteiger partial charge in [0.15, 0.2) is 11.5 Å². The summed E-state index contributed by atoms with van der Waals surface area (Å²) in [6.07, 6.45) is 0. The van der Waals surface area contributed by atoms with E-state index in [1.807, 2.05) is 11.4 Å². The van der Waals surface area contributed by atoms with E-state index in [1.165, 1.54) is 22.2 Å². The SMILES string of the molecule is Cc1ccsc1CN(C)C(=O)CSc1nnc(-c2ccc3c(c2)OCO3)o1. The molecule has 1 amide bonds. The first-order valence-electron chi connectivity index (χ1n) is 8.23. The lowest BCUT2D eigenvalue weighted by molar-refractivity contribution is -0.127. The van der Waals surface area contributed by atoms with E-state index in [2.05, 4.69) is 23.2 Å². The fourth-order valence-electron chi connectivity index (χ4n) is 2.52. The molecule has 4 rings (SSSR count). The Morgan fingerprint density at radius 2 is 2.11 bits per heavy atom. The smallest absolute Gasteiger partial charge is 0.277 e. The van der Waals surface area contributed by atoms with Crippen molar-refractivity contribution in [2.24, 2.45) is 0 Å². The van der Waals surface area contributed by atoms with E-state index in [9.17, 15) is 4.79 Å². The normalized spacial score (nSPS) is 12.4. The molecule has 7 nitrogen and oxygen atoms in total. The third-order valence-corrected chi connectivity index (χ3v) is 5.93. The molecule has 9 heteroatoms. The number of fused-ring (bicyclic) bond motifs is 1. The molecule has 0 N–H and O–H groups in total. The highest BCUT2D eigenvalue weighted by atomic mass is 32.2. The molecule has 0 aliphatic carbocycles. The Kier molecular flexibility index (Phi) is 5.04. The summed E-state index contributed by atoms with van der Waals surface area (Å²) in [6.45, 7) is 2.87. The van der Waals surface area contributed by atoms with Crippen LogP contribution >= 0.6 is 23.1 Å². The van der Waals surface area contributed by atoms with Crippen LogP contribution < -0.4 is 9.47 Å². The molecule has 27 heavy (non-hydrogen) atoms. The number of aromatic nitrogens is 2. The van der Waals surface area contributed by atoms with Crippen LogP contribution in [0.25, 0.3) is 11.5 Å². The van der Waals surface area contributed by atoms with Gasteiger partial charge in [-0.2, -0.15) is 0 Å². The lowest BCUT2D eigenvalue weighted by atomic mass is 10.2. The standard InChI is InChI=1S/C18H17N3O4S2/c1-11-5-6-26-15(11)8-21(2)16(22)9-27-18-20-19-17(25-18)12-3-4-13-14(7-12)24-10-23-13/h3-7H,8-10H2,1-2H3. The third kappa shape index (κ3) is 3.93. The van der Waals surface area contributed by atoms with Crippen molar-refractivity contribution in [2.45, 2.75) is 18.7 Å². The van der Waals surface area contributed by atoms with Crippen LogP contribution in [-0.2, 0) is 11.3 Å². The lowest BCUT2D eigenvalue weighted by Crippen LogP contribution is -2.27. The second kappa shape index (κ2) is 7.61. The summed E-state index contributed by atoms with van der Waals surface area (Å²) < 4.78 is 16.3. The molecule has 1 aliphatic heterocycles. The zero-order chi connectivity index (χ0) is 18.8. The van der Waals surface area contributed by atoms with Crippen LogP contribution in [0.5, 0.6) is 11.5 Å². The van der Waals surface area contributed by atoms with Gasteiger partial charge in [-0.3, -0.25) is 4.79 Å². The summed E-state index contributed by atoms with van der Waals surface area (Å²) in [7, 11) is 1.80. The van der Waals surface area contributed by atoms with E-state index >= 15 is 0 Å². The Morgan fingerprint density at radius 1 is 1.26 bits per heavy atom. The summed E-state index contributed by atoms with van der Waals surface area (Å²) >= 11 is 2.89. The maximum absolute atomic E-state index is 12.3.